The van der Waals surface area contributed by atoms with Gasteiger partial charge >= 0.3 is 5.97 Å². The lowest BCUT2D eigenvalue weighted by Gasteiger charge is -2.18. The van der Waals surface area contributed by atoms with Gasteiger partial charge in [-0.2, -0.15) is 0 Å². The Kier molecular flexibility index (Phi) is 5.85. The molecule has 0 bridgehead atoms. The lowest BCUT2D eigenvalue weighted by atomic mass is 10.0. The quantitative estimate of drug-likeness (QED) is 0.393. The van der Waals surface area contributed by atoms with Crippen LogP contribution in [-0.4, -0.2) is 12.6 Å². The molecule has 3 aromatic carbocycles. The third-order valence-electron chi connectivity index (χ3n) is 4.96. The van der Waals surface area contributed by atoms with Gasteiger partial charge in [0.15, 0.2) is 0 Å². The van der Waals surface area contributed by atoms with Gasteiger partial charge in [-0.15, -0.1) is 0 Å². The molecule has 0 aliphatic carbocycles. The standard InChI is InChI=1S/C26H22O5/c1-3-29-26(28)25(19-12-8-5-9-13-19)31-20-14-15-21-22(16-20)30-17(2)23(24(21)27)18-10-6-4-7-11-18/h4-16,25H,3H2,1-2H3/t25-/m1/s1. The molecule has 156 valence electrons. The summed E-state index contributed by atoms with van der Waals surface area (Å²) in [6.07, 6.45) is -0.921. The predicted molar refractivity (Wildman–Crippen MR) is 119 cm³/mol. The number of esters is 1. The predicted octanol–water partition coefficient (Wildman–Crippen LogP) is 5.45. The zero-order chi connectivity index (χ0) is 21.8. The number of hydrogen-bond donors (Lipinski definition) is 0. The molecule has 5 nitrogen and oxygen atoms in total. The molecule has 0 radical (unpaired) electrons. The van der Waals surface area contributed by atoms with Crippen molar-refractivity contribution in [2.75, 3.05) is 6.61 Å². The maximum atomic E-state index is 13.1. The summed E-state index contributed by atoms with van der Waals surface area (Å²) in [5.74, 6) is 0.445. The molecule has 1 atom stereocenters. The van der Waals surface area contributed by atoms with E-state index in [2.05, 4.69) is 0 Å². The second kappa shape index (κ2) is 8.88. The average molecular weight is 414 g/mol. The number of ether oxygens (including phenoxy) is 2. The van der Waals surface area contributed by atoms with E-state index in [0.29, 0.717) is 33.6 Å². The number of rotatable bonds is 6. The van der Waals surface area contributed by atoms with Crippen molar-refractivity contribution >= 4 is 16.9 Å². The van der Waals surface area contributed by atoms with Gasteiger partial charge in [0.05, 0.1) is 17.6 Å². The van der Waals surface area contributed by atoms with Crippen LogP contribution >= 0.6 is 0 Å². The Balaban J connectivity index is 1.73. The Bertz CT molecular complexity index is 1260. The summed E-state index contributed by atoms with van der Waals surface area (Å²) in [5, 5.41) is 0.448. The highest BCUT2D eigenvalue weighted by molar-refractivity contribution is 5.84. The van der Waals surface area contributed by atoms with E-state index < -0.39 is 12.1 Å². The van der Waals surface area contributed by atoms with Crippen LogP contribution in [0, 0.1) is 6.92 Å². The molecule has 0 aliphatic heterocycles. The molecule has 0 fully saturated rings. The molecule has 0 aliphatic rings. The molecule has 31 heavy (non-hydrogen) atoms. The minimum absolute atomic E-state index is 0.110. The molecular weight excluding hydrogens is 392 g/mol. The first kappa shape index (κ1) is 20.4. The molecule has 0 amide bonds. The van der Waals surface area contributed by atoms with E-state index >= 15 is 0 Å². The van der Waals surface area contributed by atoms with Crippen molar-refractivity contribution in [3.8, 4) is 16.9 Å². The number of benzene rings is 3. The van der Waals surface area contributed by atoms with Crippen LogP contribution in [0.5, 0.6) is 5.75 Å². The van der Waals surface area contributed by atoms with Gasteiger partial charge < -0.3 is 13.9 Å². The van der Waals surface area contributed by atoms with Gasteiger partial charge in [-0.25, -0.2) is 4.79 Å². The van der Waals surface area contributed by atoms with Crippen molar-refractivity contribution in [3.05, 3.63) is 100 Å². The summed E-state index contributed by atoms with van der Waals surface area (Å²) in [5.41, 5.74) is 2.31. The van der Waals surface area contributed by atoms with E-state index in [0.717, 1.165) is 5.56 Å². The third kappa shape index (κ3) is 4.21. The molecule has 0 saturated heterocycles. The molecule has 0 spiro atoms. The summed E-state index contributed by atoms with van der Waals surface area (Å²) in [6, 6.07) is 23.5. The highest BCUT2D eigenvalue weighted by Gasteiger charge is 2.24. The van der Waals surface area contributed by atoms with Crippen LogP contribution in [0.25, 0.3) is 22.1 Å². The lowest BCUT2D eigenvalue weighted by Crippen LogP contribution is -2.21. The van der Waals surface area contributed by atoms with Gasteiger partial charge in [-0.1, -0.05) is 60.7 Å². The molecule has 4 aromatic rings. The van der Waals surface area contributed by atoms with Crippen LogP contribution in [-0.2, 0) is 9.53 Å². The van der Waals surface area contributed by atoms with Crippen molar-refractivity contribution in [2.45, 2.75) is 20.0 Å². The van der Waals surface area contributed by atoms with Crippen LogP contribution in [0.2, 0.25) is 0 Å². The molecule has 1 aromatic heterocycles. The Morgan fingerprint density at radius 3 is 2.32 bits per heavy atom. The number of fused-ring (bicyclic) bond motifs is 1. The summed E-state index contributed by atoms with van der Waals surface area (Å²) in [4.78, 5) is 25.6. The van der Waals surface area contributed by atoms with Crippen molar-refractivity contribution in [1.82, 2.24) is 0 Å². The Hall–Kier alpha value is -3.86. The molecule has 0 N–H and O–H groups in total. The second-order valence-corrected chi connectivity index (χ2v) is 7.05. The highest BCUT2D eigenvalue weighted by atomic mass is 16.6. The van der Waals surface area contributed by atoms with Crippen molar-refractivity contribution in [3.63, 3.8) is 0 Å². The summed E-state index contributed by atoms with van der Waals surface area (Å²) < 4.78 is 17.1. The Morgan fingerprint density at radius 1 is 0.968 bits per heavy atom. The van der Waals surface area contributed by atoms with Crippen molar-refractivity contribution in [2.24, 2.45) is 0 Å². The zero-order valence-corrected chi connectivity index (χ0v) is 17.3. The minimum atomic E-state index is -0.921. The number of aryl methyl sites for hydroxylation is 1. The summed E-state index contributed by atoms with van der Waals surface area (Å²) >= 11 is 0. The van der Waals surface area contributed by atoms with E-state index in [1.54, 1.807) is 44.2 Å². The number of carbonyl (C=O) groups excluding carboxylic acids is 1. The number of carbonyl (C=O) groups is 1. The first-order valence-corrected chi connectivity index (χ1v) is 10.1. The molecular formula is C26H22O5. The smallest absolute Gasteiger partial charge is 0.352 e. The molecule has 1 heterocycles. The van der Waals surface area contributed by atoms with Crippen molar-refractivity contribution in [1.29, 1.82) is 0 Å². The Labute approximate surface area is 179 Å². The van der Waals surface area contributed by atoms with E-state index in [1.165, 1.54) is 0 Å². The van der Waals surface area contributed by atoms with E-state index in [-0.39, 0.29) is 12.0 Å². The second-order valence-electron chi connectivity index (χ2n) is 7.05. The fourth-order valence-corrected chi connectivity index (χ4v) is 3.53. The van der Waals surface area contributed by atoms with Crippen LogP contribution in [0.1, 0.15) is 24.4 Å². The first-order chi connectivity index (χ1) is 15.1. The Morgan fingerprint density at radius 2 is 1.65 bits per heavy atom. The van der Waals surface area contributed by atoms with Crippen LogP contribution in [0.3, 0.4) is 0 Å². The summed E-state index contributed by atoms with van der Waals surface area (Å²) in [7, 11) is 0. The molecule has 5 heteroatoms. The lowest BCUT2D eigenvalue weighted by molar-refractivity contribution is -0.151. The molecule has 0 saturated carbocycles. The fourth-order valence-electron chi connectivity index (χ4n) is 3.53. The largest absolute Gasteiger partial charge is 0.474 e. The highest BCUT2D eigenvalue weighted by Crippen LogP contribution is 2.29. The third-order valence-corrected chi connectivity index (χ3v) is 4.96. The fraction of sp³-hybridized carbons (Fsp3) is 0.154. The topological polar surface area (TPSA) is 65.7 Å². The monoisotopic (exact) mass is 414 g/mol. The van der Waals surface area contributed by atoms with E-state index in [1.807, 2.05) is 48.5 Å². The molecule has 0 unspecified atom stereocenters. The van der Waals surface area contributed by atoms with Crippen molar-refractivity contribution < 1.29 is 18.7 Å². The SMILES string of the molecule is CCOC(=O)[C@H](Oc1ccc2c(=O)c(-c3ccccc3)c(C)oc2c1)c1ccccc1. The van der Waals surface area contributed by atoms with Crippen LogP contribution in [0.15, 0.2) is 88.1 Å². The van der Waals surface area contributed by atoms with Gasteiger partial charge in [-0.05, 0) is 31.5 Å². The van der Waals surface area contributed by atoms with Gasteiger partial charge in [-0.3, -0.25) is 4.79 Å². The van der Waals surface area contributed by atoms with Gasteiger partial charge in [0.1, 0.15) is 17.1 Å². The maximum absolute atomic E-state index is 13.1. The van der Waals surface area contributed by atoms with E-state index in [9.17, 15) is 9.59 Å². The summed E-state index contributed by atoms with van der Waals surface area (Å²) in [6.45, 7) is 3.76. The normalized spacial score (nSPS) is 11.8. The zero-order valence-electron chi connectivity index (χ0n) is 17.3. The minimum Gasteiger partial charge on any atom is -0.474 e. The molecule has 4 rings (SSSR count). The first-order valence-electron chi connectivity index (χ1n) is 10.1. The van der Waals surface area contributed by atoms with Crippen LogP contribution in [0.4, 0.5) is 0 Å². The average Bonchev–Trinajstić information content (AvgIpc) is 2.78. The van der Waals surface area contributed by atoms with Crippen LogP contribution < -0.4 is 10.2 Å². The van der Waals surface area contributed by atoms with Gasteiger partial charge in [0.2, 0.25) is 11.5 Å². The van der Waals surface area contributed by atoms with E-state index in [4.69, 9.17) is 13.9 Å². The van der Waals surface area contributed by atoms with Gasteiger partial charge in [0.25, 0.3) is 0 Å². The number of hydrogen-bond acceptors (Lipinski definition) is 5. The maximum Gasteiger partial charge on any atom is 0.352 e. The van der Waals surface area contributed by atoms with Gasteiger partial charge in [0, 0.05) is 11.6 Å².